The second-order valence-electron chi connectivity index (χ2n) is 7.29. The number of esters is 1. The maximum atomic E-state index is 12.7. The van der Waals surface area contributed by atoms with Crippen molar-refractivity contribution in [1.29, 1.82) is 0 Å². The van der Waals surface area contributed by atoms with Crippen LogP contribution in [0.1, 0.15) is 57.7 Å². The van der Waals surface area contributed by atoms with E-state index in [0.717, 1.165) is 42.1 Å². The van der Waals surface area contributed by atoms with Crippen molar-refractivity contribution < 1.29 is 19.1 Å². The van der Waals surface area contributed by atoms with Crippen LogP contribution in [0.5, 0.6) is 0 Å². The number of primary amides is 1. The zero-order valence-corrected chi connectivity index (χ0v) is 21.9. The van der Waals surface area contributed by atoms with Crippen LogP contribution in [0.15, 0.2) is 16.6 Å². The minimum absolute atomic E-state index is 0.0524. The highest BCUT2D eigenvalue weighted by Gasteiger charge is 2.26. The lowest BCUT2D eigenvalue weighted by Crippen LogP contribution is -2.17. The molecule has 3 heterocycles. The third-order valence-electron chi connectivity index (χ3n) is 4.86. The molecule has 0 atom stereocenters. The Morgan fingerprint density at radius 2 is 2.00 bits per heavy atom. The molecule has 3 aromatic heterocycles. The van der Waals surface area contributed by atoms with Crippen LogP contribution in [0.2, 0.25) is 0 Å². The quantitative estimate of drug-likeness (QED) is 0.283. The fourth-order valence-corrected chi connectivity index (χ4v) is 5.94. The zero-order chi connectivity index (χ0) is 24.8. The van der Waals surface area contributed by atoms with Crippen LogP contribution in [0.25, 0.3) is 11.4 Å². The van der Waals surface area contributed by atoms with Crippen molar-refractivity contribution in [2.24, 2.45) is 5.73 Å². The first-order valence-corrected chi connectivity index (χ1v) is 13.5. The van der Waals surface area contributed by atoms with E-state index in [9.17, 15) is 14.4 Å². The van der Waals surface area contributed by atoms with Gasteiger partial charge in [0.2, 0.25) is 5.91 Å². The van der Waals surface area contributed by atoms with E-state index in [-0.39, 0.29) is 33.7 Å². The Morgan fingerprint density at radius 3 is 2.62 bits per heavy atom. The fraction of sp³-hybridized carbons (Fsp3) is 0.409. The molecule has 12 heteroatoms. The highest BCUT2D eigenvalue weighted by Crippen LogP contribution is 2.34. The molecule has 0 fully saturated rings. The number of hydrogen-bond donors (Lipinski definition) is 2. The standard InChI is InChI=1S/C22H27N5O4S3/c1-5-8-27-19(13-9-14(6-2)32-10-13)25-26-22(27)33-11-15(28)24-20-16(21(30)31-7-3)12(4)17(34-20)18(23)29/h9-10H,5-8,11H2,1-4H3,(H2,23,29)(H,24,28). The molecule has 0 saturated heterocycles. The van der Waals surface area contributed by atoms with Crippen molar-refractivity contribution in [3.05, 3.63) is 32.3 Å². The second-order valence-corrected chi connectivity index (χ2v) is 10.3. The van der Waals surface area contributed by atoms with Gasteiger partial charge in [-0.1, -0.05) is 25.6 Å². The minimum atomic E-state index is -0.664. The number of carbonyl (C=O) groups is 3. The number of aryl methyl sites for hydroxylation is 1. The van der Waals surface area contributed by atoms with Crippen LogP contribution in [0, 0.1) is 6.92 Å². The van der Waals surface area contributed by atoms with Crippen molar-refractivity contribution in [1.82, 2.24) is 14.8 Å². The normalized spacial score (nSPS) is 10.9. The van der Waals surface area contributed by atoms with E-state index in [1.165, 1.54) is 16.6 Å². The van der Waals surface area contributed by atoms with E-state index < -0.39 is 11.9 Å². The number of rotatable bonds is 11. The van der Waals surface area contributed by atoms with Gasteiger partial charge in [-0.3, -0.25) is 9.59 Å². The lowest BCUT2D eigenvalue weighted by atomic mass is 10.1. The van der Waals surface area contributed by atoms with E-state index in [2.05, 4.69) is 40.8 Å². The van der Waals surface area contributed by atoms with E-state index in [1.54, 1.807) is 25.2 Å². The van der Waals surface area contributed by atoms with Crippen LogP contribution in [-0.4, -0.2) is 44.9 Å². The molecule has 0 bridgehead atoms. The third kappa shape index (κ3) is 5.68. The molecule has 182 valence electrons. The summed E-state index contributed by atoms with van der Waals surface area (Å²) in [4.78, 5) is 38.4. The van der Waals surface area contributed by atoms with Gasteiger partial charge in [-0.2, -0.15) is 0 Å². The second kappa shape index (κ2) is 11.6. The van der Waals surface area contributed by atoms with E-state index in [1.807, 2.05) is 4.57 Å². The summed E-state index contributed by atoms with van der Waals surface area (Å²) in [7, 11) is 0. The SMILES string of the molecule is CCCn1c(SCC(=O)Nc2sc(C(N)=O)c(C)c2C(=O)OCC)nnc1-c1csc(CC)c1. The molecule has 0 aliphatic heterocycles. The molecule has 34 heavy (non-hydrogen) atoms. The lowest BCUT2D eigenvalue weighted by Gasteiger charge is -2.09. The van der Waals surface area contributed by atoms with Gasteiger partial charge in [-0.15, -0.1) is 32.9 Å². The molecule has 3 N–H and O–H groups in total. The number of nitrogens with one attached hydrogen (secondary N) is 1. The summed E-state index contributed by atoms with van der Waals surface area (Å²) in [6.45, 7) is 8.37. The highest BCUT2D eigenvalue weighted by molar-refractivity contribution is 7.99. The summed E-state index contributed by atoms with van der Waals surface area (Å²) in [6, 6.07) is 2.12. The Hall–Kier alpha value is -2.70. The van der Waals surface area contributed by atoms with Gasteiger partial charge in [0, 0.05) is 22.4 Å². The number of thiophene rings is 2. The number of nitrogens with two attached hydrogens (primary N) is 1. The lowest BCUT2D eigenvalue weighted by molar-refractivity contribution is -0.113. The largest absolute Gasteiger partial charge is 0.462 e. The number of anilines is 1. The average molecular weight is 522 g/mol. The monoisotopic (exact) mass is 521 g/mol. The molecule has 0 unspecified atom stereocenters. The Morgan fingerprint density at radius 1 is 1.24 bits per heavy atom. The van der Waals surface area contributed by atoms with Gasteiger partial charge in [-0.05, 0) is 38.3 Å². The molecular weight excluding hydrogens is 494 g/mol. The molecule has 3 rings (SSSR count). The van der Waals surface area contributed by atoms with Gasteiger partial charge in [-0.25, -0.2) is 4.79 Å². The Balaban J connectivity index is 1.77. The molecule has 2 amide bonds. The van der Waals surface area contributed by atoms with Crippen molar-refractivity contribution in [2.75, 3.05) is 17.7 Å². The minimum Gasteiger partial charge on any atom is -0.462 e. The van der Waals surface area contributed by atoms with Crippen LogP contribution < -0.4 is 11.1 Å². The number of ether oxygens (including phenoxy) is 1. The first-order valence-electron chi connectivity index (χ1n) is 10.8. The van der Waals surface area contributed by atoms with Crippen LogP contribution >= 0.6 is 34.4 Å². The van der Waals surface area contributed by atoms with Crippen molar-refractivity contribution in [3.63, 3.8) is 0 Å². The van der Waals surface area contributed by atoms with E-state index in [0.29, 0.717) is 10.7 Å². The van der Waals surface area contributed by atoms with Gasteiger partial charge < -0.3 is 20.4 Å². The summed E-state index contributed by atoms with van der Waals surface area (Å²) >= 11 is 3.92. The zero-order valence-electron chi connectivity index (χ0n) is 19.5. The van der Waals surface area contributed by atoms with E-state index in [4.69, 9.17) is 10.5 Å². The number of amides is 2. The molecular formula is C22H27N5O4S3. The summed E-state index contributed by atoms with van der Waals surface area (Å²) in [6.07, 6.45) is 1.85. The van der Waals surface area contributed by atoms with Crippen molar-refractivity contribution in [3.8, 4) is 11.4 Å². The third-order valence-corrected chi connectivity index (χ3v) is 8.13. The number of thioether (sulfide) groups is 1. The summed E-state index contributed by atoms with van der Waals surface area (Å²) in [5, 5.41) is 14.4. The van der Waals surface area contributed by atoms with Gasteiger partial charge in [0.25, 0.3) is 5.91 Å². The van der Waals surface area contributed by atoms with Gasteiger partial charge >= 0.3 is 5.97 Å². The molecule has 0 aliphatic carbocycles. The van der Waals surface area contributed by atoms with E-state index >= 15 is 0 Å². The Kier molecular flexibility index (Phi) is 8.86. The molecule has 0 aromatic carbocycles. The fourth-order valence-electron chi connectivity index (χ4n) is 3.30. The maximum absolute atomic E-state index is 12.7. The van der Waals surface area contributed by atoms with Crippen LogP contribution in [-0.2, 0) is 22.5 Å². The van der Waals surface area contributed by atoms with Crippen molar-refractivity contribution >= 4 is 57.2 Å². The number of aromatic nitrogens is 3. The topological polar surface area (TPSA) is 129 Å². The Labute approximate surface area is 210 Å². The highest BCUT2D eigenvalue weighted by atomic mass is 32.2. The molecule has 0 aliphatic rings. The number of hydrogen-bond acceptors (Lipinski definition) is 9. The molecule has 0 spiro atoms. The molecule has 0 saturated carbocycles. The smallest absolute Gasteiger partial charge is 0.341 e. The summed E-state index contributed by atoms with van der Waals surface area (Å²) in [5.41, 5.74) is 7.00. The molecule has 3 aromatic rings. The summed E-state index contributed by atoms with van der Waals surface area (Å²) < 4.78 is 7.11. The first-order chi connectivity index (χ1) is 16.3. The summed E-state index contributed by atoms with van der Waals surface area (Å²) in [5.74, 6) is -0.782. The van der Waals surface area contributed by atoms with Gasteiger partial charge in [0.05, 0.1) is 22.8 Å². The molecule has 9 nitrogen and oxygen atoms in total. The first kappa shape index (κ1) is 25.9. The predicted molar refractivity (Wildman–Crippen MR) is 136 cm³/mol. The maximum Gasteiger partial charge on any atom is 0.341 e. The predicted octanol–water partition coefficient (Wildman–Crippen LogP) is 4.36. The average Bonchev–Trinajstić information content (AvgIpc) is 3.50. The van der Waals surface area contributed by atoms with Gasteiger partial charge in [0.1, 0.15) is 5.00 Å². The number of carbonyl (C=O) groups excluding carboxylic acids is 3. The Bertz CT molecular complexity index is 1200. The molecule has 0 radical (unpaired) electrons. The van der Waals surface area contributed by atoms with Crippen LogP contribution in [0.4, 0.5) is 5.00 Å². The van der Waals surface area contributed by atoms with Crippen LogP contribution in [0.3, 0.4) is 0 Å². The van der Waals surface area contributed by atoms with Crippen molar-refractivity contribution in [2.45, 2.75) is 52.2 Å². The van der Waals surface area contributed by atoms with Gasteiger partial charge in [0.15, 0.2) is 11.0 Å². The number of nitrogens with zero attached hydrogens (tertiary/aromatic N) is 3.